The Hall–Kier alpha value is -0.300. The molecule has 0 aromatic carbocycles. The summed E-state index contributed by atoms with van der Waals surface area (Å²) in [5.74, 6) is 0.570. The van der Waals surface area contributed by atoms with E-state index >= 15 is 0 Å². The first-order chi connectivity index (χ1) is 8.65. The van der Waals surface area contributed by atoms with E-state index in [1.54, 1.807) is 0 Å². The second-order valence-corrected chi connectivity index (χ2v) is 5.72. The number of halogens is 1. The normalized spacial score (nSPS) is 28.2. The quantitative estimate of drug-likeness (QED) is 0.341. The van der Waals surface area contributed by atoms with Gasteiger partial charge in [-0.1, -0.05) is 18.6 Å². The monoisotopic (exact) mass is 378 g/mol. The molecule has 0 atom stereocenters. The summed E-state index contributed by atoms with van der Waals surface area (Å²) < 4.78 is 0. The average Bonchev–Trinajstić information content (AvgIpc) is 2.32. The van der Waals surface area contributed by atoms with Crippen molar-refractivity contribution >= 4 is 29.9 Å². The van der Waals surface area contributed by atoms with Crippen molar-refractivity contribution in [2.45, 2.75) is 51.1 Å². The van der Waals surface area contributed by atoms with Crippen LogP contribution >= 0.6 is 24.0 Å². The molecule has 2 rings (SSSR count). The first-order valence-electron chi connectivity index (χ1n) is 7.10. The molecule has 3 N–H and O–H groups in total. The van der Waals surface area contributed by atoms with Crippen LogP contribution in [0.25, 0.3) is 0 Å². The number of guanidine groups is 1. The van der Waals surface area contributed by atoms with Crippen LogP contribution in [-0.4, -0.2) is 42.6 Å². The number of piperidine rings is 1. The van der Waals surface area contributed by atoms with Crippen molar-refractivity contribution in [3.8, 4) is 0 Å². The maximum absolute atomic E-state index is 5.84. The molecule has 0 bridgehead atoms. The van der Waals surface area contributed by atoms with Crippen LogP contribution in [0.2, 0.25) is 0 Å². The third-order valence-electron chi connectivity index (χ3n) is 3.89. The molecule has 0 amide bonds. The Morgan fingerprint density at radius 2 is 1.95 bits per heavy atom. The molecule has 1 aliphatic heterocycles. The minimum atomic E-state index is 0. The Morgan fingerprint density at radius 1 is 1.32 bits per heavy atom. The van der Waals surface area contributed by atoms with Crippen LogP contribution in [0, 0.1) is 0 Å². The van der Waals surface area contributed by atoms with Crippen molar-refractivity contribution in [2.75, 3.05) is 19.6 Å². The van der Waals surface area contributed by atoms with E-state index in [-0.39, 0.29) is 24.0 Å². The van der Waals surface area contributed by atoms with E-state index in [0.29, 0.717) is 18.5 Å². The maximum Gasteiger partial charge on any atom is 0.189 e. The second kappa shape index (κ2) is 8.09. The summed E-state index contributed by atoms with van der Waals surface area (Å²) >= 11 is 0. The van der Waals surface area contributed by atoms with E-state index in [2.05, 4.69) is 21.8 Å². The summed E-state index contributed by atoms with van der Waals surface area (Å²) in [6.45, 7) is 8.98. The van der Waals surface area contributed by atoms with Gasteiger partial charge < -0.3 is 16.0 Å². The third kappa shape index (κ3) is 5.30. The van der Waals surface area contributed by atoms with Crippen molar-refractivity contribution in [2.24, 2.45) is 10.7 Å². The molecule has 19 heavy (non-hydrogen) atoms. The number of hydrogen-bond acceptors (Lipinski definition) is 2. The summed E-state index contributed by atoms with van der Waals surface area (Å²) in [6.07, 6.45) is 6.57. The molecule has 110 valence electrons. The first-order valence-corrected chi connectivity index (χ1v) is 7.10. The summed E-state index contributed by atoms with van der Waals surface area (Å²) in [6, 6.07) is 1.29. The Kier molecular flexibility index (Phi) is 7.13. The van der Waals surface area contributed by atoms with Crippen molar-refractivity contribution in [1.82, 2.24) is 10.2 Å². The van der Waals surface area contributed by atoms with Gasteiger partial charge in [0.2, 0.25) is 0 Å². The number of rotatable bonds is 4. The van der Waals surface area contributed by atoms with Gasteiger partial charge in [-0.2, -0.15) is 0 Å². The van der Waals surface area contributed by atoms with Crippen molar-refractivity contribution in [1.29, 1.82) is 0 Å². The highest BCUT2D eigenvalue weighted by atomic mass is 127. The van der Waals surface area contributed by atoms with Crippen LogP contribution in [0.3, 0.4) is 0 Å². The lowest BCUT2D eigenvalue weighted by Gasteiger charge is -2.44. The molecule has 0 aromatic heterocycles. The van der Waals surface area contributed by atoms with E-state index in [1.807, 2.05) is 6.92 Å². The van der Waals surface area contributed by atoms with Crippen LogP contribution < -0.4 is 11.1 Å². The minimum absolute atomic E-state index is 0. The SMILES string of the molecule is C=C(C)CN=C(N)NC1CC(N2CCCCC2)C1.I. The van der Waals surface area contributed by atoms with Gasteiger partial charge in [0, 0.05) is 12.1 Å². The van der Waals surface area contributed by atoms with E-state index in [1.165, 1.54) is 45.2 Å². The van der Waals surface area contributed by atoms with Gasteiger partial charge in [0.25, 0.3) is 0 Å². The summed E-state index contributed by atoms with van der Waals surface area (Å²) in [4.78, 5) is 6.89. The molecule has 2 aliphatic rings. The van der Waals surface area contributed by atoms with Gasteiger partial charge in [0.1, 0.15) is 0 Å². The van der Waals surface area contributed by atoms with Crippen LogP contribution in [0.1, 0.15) is 39.0 Å². The van der Waals surface area contributed by atoms with Gasteiger partial charge in [-0.3, -0.25) is 0 Å². The van der Waals surface area contributed by atoms with Crippen LogP contribution in [0.4, 0.5) is 0 Å². The molecule has 0 spiro atoms. The first kappa shape index (κ1) is 16.8. The highest BCUT2D eigenvalue weighted by molar-refractivity contribution is 14.0. The molecule has 1 aliphatic carbocycles. The predicted octanol–water partition coefficient (Wildman–Crippen LogP) is 2.10. The fraction of sp³-hybridized carbons (Fsp3) is 0.786. The Morgan fingerprint density at radius 3 is 2.53 bits per heavy atom. The smallest absolute Gasteiger partial charge is 0.189 e. The maximum atomic E-state index is 5.84. The number of aliphatic imine (C=N–C) groups is 1. The van der Waals surface area contributed by atoms with Crippen LogP contribution in [0.15, 0.2) is 17.1 Å². The zero-order valence-corrected chi connectivity index (χ0v) is 14.2. The lowest BCUT2D eigenvalue weighted by atomic mass is 9.84. The van der Waals surface area contributed by atoms with Gasteiger partial charge >= 0.3 is 0 Å². The molecule has 1 saturated carbocycles. The van der Waals surface area contributed by atoms with Crippen molar-refractivity contribution in [3.05, 3.63) is 12.2 Å². The number of likely N-dealkylation sites (tertiary alicyclic amines) is 1. The van der Waals surface area contributed by atoms with Gasteiger partial charge in [-0.25, -0.2) is 4.99 Å². The zero-order valence-electron chi connectivity index (χ0n) is 11.9. The number of hydrogen-bond donors (Lipinski definition) is 2. The summed E-state index contributed by atoms with van der Waals surface area (Å²) in [5.41, 5.74) is 6.88. The molecule has 0 unspecified atom stereocenters. The average molecular weight is 378 g/mol. The largest absolute Gasteiger partial charge is 0.370 e. The summed E-state index contributed by atoms with van der Waals surface area (Å²) in [7, 11) is 0. The Bertz CT molecular complexity index is 317. The molecule has 2 fully saturated rings. The van der Waals surface area contributed by atoms with Crippen LogP contribution in [-0.2, 0) is 0 Å². The molecule has 0 aromatic rings. The van der Waals surface area contributed by atoms with Gasteiger partial charge in [-0.15, -0.1) is 24.0 Å². The highest BCUT2D eigenvalue weighted by Crippen LogP contribution is 2.27. The number of nitrogens with zero attached hydrogens (tertiary/aromatic N) is 2. The number of nitrogens with one attached hydrogen (secondary N) is 1. The predicted molar refractivity (Wildman–Crippen MR) is 92.1 cm³/mol. The molecule has 1 saturated heterocycles. The molecular weight excluding hydrogens is 351 g/mol. The van der Waals surface area contributed by atoms with Crippen LogP contribution in [0.5, 0.6) is 0 Å². The molecule has 0 radical (unpaired) electrons. The molecule has 4 nitrogen and oxygen atoms in total. The Labute approximate surface area is 133 Å². The lowest BCUT2D eigenvalue weighted by molar-refractivity contribution is 0.0846. The third-order valence-corrected chi connectivity index (χ3v) is 3.89. The van der Waals surface area contributed by atoms with Gasteiger partial charge in [0.05, 0.1) is 6.54 Å². The Balaban J connectivity index is 0.00000180. The minimum Gasteiger partial charge on any atom is -0.370 e. The zero-order chi connectivity index (χ0) is 13.0. The highest BCUT2D eigenvalue weighted by Gasteiger charge is 2.34. The van der Waals surface area contributed by atoms with E-state index in [4.69, 9.17) is 5.73 Å². The van der Waals surface area contributed by atoms with Crippen molar-refractivity contribution < 1.29 is 0 Å². The molecular formula is C14H27IN4. The topological polar surface area (TPSA) is 53.6 Å². The van der Waals surface area contributed by atoms with E-state index in [0.717, 1.165) is 11.6 Å². The van der Waals surface area contributed by atoms with Crippen molar-refractivity contribution in [3.63, 3.8) is 0 Å². The molecule has 5 heteroatoms. The van der Waals surface area contributed by atoms with E-state index < -0.39 is 0 Å². The fourth-order valence-corrected chi connectivity index (χ4v) is 2.76. The van der Waals surface area contributed by atoms with E-state index in [9.17, 15) is 0 Å². The lowest BCUT2D eigenvalue weighted by Crippen LogP contribution is -2.56. The fourth-order valence-electron chi connectivity index (χ4n) is 2.76. The standard InChI is InChI=1S/C14H26N4.HI/c1-11(2)10-16-14(15)17-12-8-13(9-12)18-6-4-3-5-7-18;/h12-13H,1,3-10H2,2H3,(H3,15,16,17);1H. The summed E-state index contributed by atoms with van der Waals surface area (Å²) in [5, 5.41) is 3.30. The van der Waals surface area contributed by atoms with Gasteiger partial charge in [-0.05, 0) is 45.7 Å². The molecule has 1 heterocycles. The second-order valence-electron chi connectivity index (χ2n) is 5.72. The van der Waals surface area contributed by atoms with Gasteiger partial charge in [0.15, 0.2) is 5.96 Å². The number of nitrogens with two attached hydrogens (primary N) is 1.